The molecule has 0 N–H and O–H groups in total. The second kappa shape index (κ2) is 6.83. The zero-order valence-electron chi connectivity index (χ0n) is 13.2. The smallest absolute Gasteiger partial charge is 0.126 e. The average Bonchev–Trinajstić information content (AvgIpc) is 2.46. The third-order valence-corrected chi connectivity index (χ3v) is 4.09. The summed E-state index contributed by atoms with van der Waals surface area (Å²) < 4.78 is 11.3. The molecule has 1 unspecified atom stereocenters. The minimum absolute atomic E-state index is 0.421. The van der Waals surface area contributed by atoms with Gasteiger partial charge in [-0.1, -0.05) is 25.0 Å². The molecular formula is C18H26O2. The van der Waals surface area contributed by atoms with Crippen LogP contribution in [0.4, 0.5) is 0 Å². The largest absolute Gasteiger partial charge is 0.496 e. The van der Waals surface area contributed by atoms with E-state index in [0.717, 1.165) is 24.3 Å². The SMILES string of the molecule is CCCc1cc(OC)c(C2C=C(C)CCC2)c(OC)c1. The Hall–Kier alpha value is -1.44. The minimum atomic E-state index is 0.421. The van der Waals surface area contributed by atoms with Gasteiger partial charge >= 0.3 is 0 Å². The molecule has 0 heterocycles. The van der Waals surface area contributed by atoms with Crippen LogP contribution in [-0.2, 0) is 6.42 Å². The summed E-state index contributed by atoms with van der Waals surface area (Å²) in [6, 6.07) is 4.36. The Bertz CT molecular complexity index is 463. The summed E-state index contributed by atoms with van der Waals surface area (Å²) in [5.74, 6) is 2.37. The van der Waals surface area contributed by atoms with E-state index in [-0.39, 0.29) is 0 Å². The van der Waals surface area contributed by atoms with Crippen molar-refractivity contribution >= 4 is 0 Å². The molecule has 2 rings (SSSR count). The fraction of sp³-hybridized carbons (Fsp3) is 0.556. The van der Waals surface area contributed by atoms with Gasteiger partial charge in [0.05, 0.1) is 14.2 Å². The van der Waals surface area contributed by atoms with Gasteiger partial charge in [0.2, 0.25) is 0 Å². The lowest BCUT2D eigenvalue weighted by atomic mass is 9.84. The first-order valence-electron chi connectivity index (χ1n) is 7.61. The molecule has 20 heavy (non-hydrogen) atoms. The van der Waals surface area contributed by atoms with Gasteiger partial charge in [-0.15, -0.1) is 0 Å². The lowest BCUT2D eigenvalue weighted by molar-refractivity contribution is 0.378. The van der Waals surface area contributed by atoms with E-state index in [1.165, 1.54) is 36.0 Å². The van der Waals surface area contributed by atoms with Gasteiger partial charge in [-0.25, -0.2) is 0 Å². The second-order valence-corrected chi connectivity index (χ2v) is 5.68. The van der Waals surface area contributed by atoms with Gasteiger partial charge < -0.3 is 9.47 Å². The predicted octanol–water partition coefficient (Wildman–Crippen LogP) is 4.87. The Balaban J connectivity index is 2.47. The number of allylic oxidation sites excluding steroid dienone is 2. The number of methoxy groups -OCH3 is 2. The van der Waals surface area contributed by atoms with Crippen molar-refractivity contribution < 1.29 is 9.47 Å². The number of benzene rings is 1. The van der Waals surface area contributed by atoms with Gasteiger partial charge in [0.15, 0.2) is 0 Å². The lowest BCUT2D eigenvalue weighted by Gasteiger charge is -2.24. The molecule has 0 saturated heterocycles. The van der Waals surface area contributed by atoms with E-state index in [2.05, 4.69) is 32.1 Å². The molecule has 1 aromatic rings. The van der Waals surface area contributed by atoms with Gasteiger partial charge in [-0.2, -0.15) is 0 Å². The first-order chi connectivity index (χ1) is 9.69. The van der Waals surface area contributed by atoms with E-state index in [9.17, 15) is 0 Å². The van der Waals surface area contributed by atoms with Crippen LogP contribution in [0.5, 0.6) is 11.5 Å². The molecule has 0 fully saturated rings. The Labute approximate surface area is 122 Å². The van der Waals surface area contributed by atoms with E-state index >= 15 is 0 Å². The molecule has 2 heteroatoms. The van der Waals surface area contributed by atoms with Gasteiger partial charge in [-0.3, -0.25) is 0 Å². The van der Waals surface area contributed by atoms with E-state index in [4.69, 9.17) is 9.47 Å². The summed E-state index contributed by atoms with van der Waals surface area (Å²) >= 11 is 0. The maximum atomic E-state index is 5.65. The topological polar surface area (TPSA) is 18.5 Å². The van der Waals surface area contributed by atoms with Crippen molar-refractivity contribution in [1.82, 2.24) is 0 Å². The average molecular weight is 274 g/mol. The van der Waals surface area contributed by atoms with E-state index in [1.807, 2.05) is 0 Å². The highest BCUT2D eigenvalue weighted by molar-refractivity contribution is 5.52. The van der Waals surface area contributed by atoms with Crippen molar-refractivity contribution in [3.05, 3.63) is 34.9 Å². The van der Waals surface area contributed by atoms with Gasteiger partial charge in [-0.05, 0) is 50.3 Å². The van der Waals surface area contributed by atoms with E-state index in [0.29, 0.717) is 5.92 Å². The van der Waals surface area contributed by atoms with Crippen LogP contribution in [0.2, 0.25) is 0 Å². The number of hydrogen-bond donors (Lipinski definition) is 0. The minimum Gasteiger partial charge on any atom is -0.496 e. The molecule has 1 atom stereocenters. The molecule has 0 saturated carbocycles. The summed E-state index contributed by atoms with van der Waals surface area (Å²) in [6.07, 6.45) is 8.21. The Morgan fingerprint density at radius 2 is 1.80 bits per heavy atom. The van der Waals surface area contributed by atoms with Gasteiger partial charge in [0.1, 0.15) is 11.5 Å². The molecule has 0 amide bonds. The van der Waals surface area contributed by atoms with Crippen LogP contribution >= 0.6 is 0 Å². The number of aryl methyl sites for hydroxylation is 1. The standard InChI is InChI=1S/C18H26O2/c1-5-7-14-11-16(19-3)18(17(12-14)20-4)15-9-6-8-13(2)10-15/h10-12,15H,5-9H2,1-4H3. The highest BCUT2D eigenvalue weighted by Gasteiger charge is 2.22. The molecule has 1 aromatic carbocycles. The van der Waals surface area contributed by atoms with Crippen molar-refractivity contribution in [1.29, 1.82) is 0 Å². The van der Waals surface area contributed by atoms with Crippen LogP contribution < -0.4 is 9.47 Å². The van der Waals surface area contributed by atoms with Crippen LogP contribution in [0.25, 0.3) is 0 Å². The lowest BCUT2D eigenvalue weighted by Crippen LogP contribution is -2.07. The Morgan fingerprint density at radius 1 is 1.15 bits per heavy atom. The number of hydrogen-bond acceptors (Lipinski definition) is 2. The first kappa shape index (κ1) is 15.0. The highest BCUT2D eigenvalue weighted by atomic mass is 16.5. The molecule has 0 bridgehead atoms. The van der Waals surface area contributed by atoms with Crippen molar-refractivity contribution in [2.45, 2.75) is 51.9 Å². The molecule has 0 aliphatic heterocycles. The molecule has 0 radical (unpaired) electrons. The highest BCUT2D eigenvalue weighted by Crippen LogP contribution is 2.42. The van der Waals surface area contributed by atoms with Crippen molar-refractivity contribution in [2.24, 2.45) is 0 Å². The summed E-state index contributed by atoms with van der Waals surface area (Å²) in [7, 11) is 3.51. The zero-order chi connectivity index (χ0) is 14.5. The normalized spacial score (nSPS) is 18.6. The Morgan fingerprint density at radius 3 is 2.30 bits per heavy atom. The molecule has 110 valence electrons. The summed E-state index contributed by atoms with van der Waals surface area (Å²) in [5, 5.41) is 0. The molecule has 0 aromatic heterocycles. The molecular weight excluding hydrogens is 248 g/mol. The summed E-state index contributed by atoms with van der Waals surface area (Å²) in [6.45, 7) is 4.41. The van der Waals surface area contributed by atoms with Crippen LogP contribution in [-0.4, -0.2) is 14.2 Å². The van der Waals surface area contributed by atoms with E-state index in [1.54, 1.807) is 14.2 Å². The zero-order valence-corrected chi connectivity index (χ0v) is 13.2. The molecule has 1 aliphatic carbocycles. The summed E-state index contributed by atoms with van der Waals surface area (Å²) in [5.41, 5.74) is 3.98. The fourth-order valence-corrected chi connectivity index (χ4v) is 3.13. The van der Waals surface area contributed by atoms with Crippen LogP contribution in [0.1, 0.15) is 56.6 Å². The maximum Gasteiger partial charge on any atom is 0.126 e. The van der Waals surface area contributed by atoms with Crippen LogP contribution in [0.3, 0.4) is 0 Å². The quantitative estimate of drug-likeness (QED) is 0.713. The van der Waals surface area contributed by atoms with Crippen LogP contribution in [0.15, 0.2) is 23.8 Å². The Kier molecular flexibility index (Phi) is 5.11. The predicted molar refractivity (Wildman–Crippen MR) is 83.9 cm³/mol. The maximum absolute atomic E-state index is 5.65. The van der Waals surface area contributed by atoms with Gasteiger partial charge in [0.25, 0.3) is 0 Å². The molecule has 0 spiro atoms. The monoisotopic (exact) mass is 274 g/mol. The number of rotatable bonds is 5. The second-order valence-electron chi connectivity index (χ2n) is 5.68. The third-order valence-electron chi connectivity index (χ3n) is 4.09. The summed E-state index contributed by atoms with van der Waals surface area (Å²) in [4.78, 5) is 0. The number of ether oxygens (including phenoxy) is 2. The fourth-order valence-electron chi connectivity index (χ4n) is 3.13. The van der Waals surface area contributed by atoms with E-state index < -0.39 is 0 Å². The van der Waals surface area contributed by atoms with Crippen molar-refractivity contribution in [3.63, 3.8) is 0 Å². The van der Waals surface area contributed by atoms with Gasteiger partial charge in [0, 0.05) is 11.5 Å². The molecule has 1 aliphatic rings. The first-order valence-corrected chi connectivity index (χ1v) is 7.61. The van der Waals surface area contributed by atoms with Crippen molar-refractivity contribution in [3.8, 4) is 11.5 Å². The van der Waals surface area contributed by atoms with Crippen LogP contribution in [0, 0.1) is 0 Å². The van der Waals surface area contributed by atoms with Crippen molar-refractivity contribution in [2.75, 3.05) is 14.2 Å². The third kappa shape index (κ3) is 3.17. The molecule has 2 nitrogen and oxygen atoms in total.